The van der Waals surface area contributed by atoms with Crippen LogP contribution in [0, 0.1) is 5.92 Å². The first-order valence-corrected chi connectivity index (χ1v) is 4.99. The second-order valence-corrected chi connectivity index (χ2v) is 3.86. The first kappa shape index (κ1) is 10.9. The van der Waals surface area contributed by atoms with Crippen LogP contribution < -0.4 is 11.1 Å². The lowest BCUT2D eigenvalue weighted by Gasteiger charge is -2.29. The van der Waals surface area contributed by atoms with Gasteiger partial charge in [0.15, 0.2) is 0 Å². The molecule has 1 heterocycles. The Balaban J connectivity index is 2.10. The number of hydrogen-bond donors (Lipinski definition) is 2. The highest BCUT2D eigenvalue weighted by Gasteiger charge is 2.12. The summed E-state index contributed by atoms with van der Waals surface area (Å²) in [4.78, 5) is 2.33. The molecule has 0 saturated carbocycles. The van der Waals surface area contributed by atoms with Crippen molar-refractivity contribution in [3.63, 3.8) is 0 Å². The molecule has 1 fully saturated rings. The molecule has 1 atom stereocenters. The van der Waals surface area contributed by atoms with Crippen molar-refractivity contribution in [1.82, 2.24) is 10.2 Å². The summed E-state index contributed by atoms with van der Waals surface area (Å²) in [6.45, 7) is 8.84. The van der Waals surface area contributed by atoms with Crippen LogP contribution in [0.5, 0.6) is 0 Å². The molecule has 78 valence electrons. The van der Waals surface area contributed by atoms with Gasteiger partial charge in [-0.1, -0.05) is 13.8 Å². The van der Waals surface area contributed by atoms with E-state index in [4.69, 9.17) is 10.5 Å². The summed E-state index contributed by atoms with van der Waals surface area (Å²) in [5, 5.41) is 3.30. The van der Waals surface area contributed by atoms with Gasteiger partial charge in [0.25, 0.3) is 0 Å². The maximum absolute atomic E-state index is 5.86. The maximum Gasteiger partial charge on any atom is 0.0594 e. The highest BCUT2D eigenvalue weighted by atomic mass is 16.5. The standard InChI is InChI=1S/C9H21N3O/c1-8(2)9(10)11-7-12-3-5-13-6-4-12/h8-9,11H,3-7,10H2,1-2H3/t9-/m1/s1. The van der Waals surface area contributed by atoms with Crippen molar-refractivity contribution in [3.8, 4) is 0 Å². The monoisotopic (exact) mass is 187 g/mol. The van der Waals surface area contributed by atoms with E-state index in [0.29, 0.717) is 5.92 Å². The van der Waals surface area contributed by atoms with Crippen LogP contribution >= 0.6 is 0 Å². The Morgan fingerprint density at radius 3 is 2.54 bits per heavy atom. The van der Waals surface area contributed by atoms with Gasteiger partial charge >= 0.3 is 0 Å². The number of nitrogens with one attached hydrogen (secondary N) is 1. The van der Waals surface area contributed by atoms with Crippen molar-refractivity contribution in [2.45, 2.75) is 20.0 Å². The second-order valence-electron chi connectivity index (χ2n) is 3.86. The molecule has 0 aromatic carbocycles. The van der Waals surface area contributed by atoms with Gasteiger partial charge in [-0.15, -0.1) is 0 Å². The predicted octanol–water partition coefficient (Wildman–Crippen LogP) is -0.193. The van der Waals surface area contributed by atoms with Crippen LogP contribution in [0.1, 0.15) is 13.8 Å². The van der Waals surface area contributed by atoms with Crippen molar-refractivity contribution in [2.75, 3.05) is 33.0 Å². The zero-order valence-corrected chi connectivity index (χ0v) is 8.62. The third-order valence-corrected chi connectivity index (χ3v) is 2.37. The molecule has 0 amide bonds. The minimum absolute atomic E-state index is 0.0999. The second kappa shape index (κ2) is 5.54. The number of rotatable bonds is 4. The molecule has 1 aliphatic rings. The number of nitrogens with zero attached hydrogens (tertiary/aromatic N) is 1. The van der Waals surface area contributed by atoms with Crippen molar-refractivity contribution in [3.05, 3.63) is 0 Å². The van der Waals surface area contributed by atoms with Crippen LogP contribution in [-0.2, 0) is 4.74 Å². The summed E-state index contributed by atoms with van der Waals surface area (Å²) >= 11 is 0. The van der Waals surface area contributed by atoms with Gasteiger partial charge in [-0.2, -0.15) is 0 Å². The van der Waals surface area contributed by atoms with Gasteiger partial charge in [0.1, 0.15) is 0 Å². The Morgan fingerprint density at radius 2 is 2.00 bits per heavy atom. The molecule has 0 aromatic heterocycles. The van der Waals surface area contributed by atoms with Gasteiger partial charge < -0.3 is 10.5 Å². The molecule has 0 bridgehead atoms. The summed E-state index contributed by atoms with van der Waals surface area (Å²) in [5.74, 6) is 0.487. The maximum atomic E-state index is 5.86. The minimum atomic E-state index is 0.0999. The normalized spacial score (nSPS) is 22.2. The van der Waals surface area contributed by atoms with E-state index in [1.165, 1.54) is 0 Å². The van der Waals surface area contributed by atoms with Crippen molar-refractivity contribution in [1.29, 1.82) is 0 Å². The van der Waals surface area contributed by atoms with E-state index in [1.807, 2.05) is 0 Å². The third-order valence-electron chi connectivity index (χ3n) is 2.37. The first-order chi connectivity index (χ1) is 6.20. The van der Waals surface area contributed by atoms with Crippen molar-refractivity contribution < 1.29 is 4.74 Å². The van der Waals surface area contributed by atoms with Gasteiger partial charge in [0.05, 0.1) is 19.4 Å². The molecule has 0 radical (unpaired) electrons. The Bertz CT molecular complexity index is 135. The van der Waals surface area contributed by atoms with Gasteiger partial charge in [-0.3, -0.25) is 10.2 Å². The van der Waals surface area contributed by atoms with E-state index in [2.05, 4.69) is 24.1 Å². The van der Waals surface area contributed by atoms with Gasteiger partial charge in [0.2, 0.25) is 0 Å². The number of nitrogens with two attached hydrogens (primary N) is 1. The summed E-state index contributed by atoms with van der Waals surface area (Å²) < 4.78 is 5.25. The molecule has 13 heavy (non-hydrogen) atoms. The van der Waals surface area contributed by atoms with Crippen LogP contribution in [0.2, 0.25) is 0 Å². The summed E-state index contributed by atoms with van der Waals surface area (Å²) in [6.07, 6.45) is 0.0999. The van der Waals surface area contributed by atoms with E-state index in [1.54, 1.807) is 0 Å². The largest absolute Gasteiger partial charge is 0.379 e. The van der Waals surface area contributed by atoms with Crippen molar-refractivity contribution >= 4 is 0 Å². The van der Waals surface area contributed by atoms with E-state index in [9.17, 15) is 0 Å². The van der Waals surface area contributed by atoms with Crippen LogP contribution in [0.3, 0.4) is 0 Å². The first-order valence-electron chi connectivity index (χ1n) is 4.99. The van der Waals surface area contributed by atoms with E-state index < -0.39 is 0 Å². The van der Waals surface area contributed by atoms with E-state index >= 15 is 0 Å². The highest BCUT2D eigenvalue weighted by Crippen LogP contribution is 1.97. The van der Waals surface area contributed by atoms with Crippen LogP contribution in [0.25, 0.3) is 0 Å². The Kier molecular flexibility index (Phi) is 4.66. The SMILES string of the molecule is CC(C)[C@H](N)NCN1CCOCC1. The average molecular weight is 187 g/mol. The molecule has 4 nitrogen and oxygen atoms in total. The Morgan fingerprint density at radius 1 is 1.38 bits per heavy atom. The van der Waals surface area contributed by atoms with Crippen LogP contribution in [-0.4, -0.2) is 44.0 Å². The van der Waals surface area contributed by atoms with E-state index in [0.717, 1.165) is 33.0 Å². The Hall–Kier alpha value is -0.160. The molecule has 4 heteroatoms. The molecular formula is C9H21N3O. The molecule has 1 saturated heterocycles. The van der Waals surface area contributed by atoms with Gasteiger partial charge in [0, 0.05) is 19.8 Å². The smallest absolute Gasteiger partial charge is 0.0594 e. The highest BCUT2D eigenvalue weighted by molar-refractivity contribution is 4.65. The lowest BCUT2D eigenvalue weighted by Crippen LogP contribution is -2.49. The van der Waals surface area contributed by atoms with Gasteiger partial charge in [-0.25, -0.2) is 0 Å². The molecule has 0 unspecified atom stereocenters. The minimum Gasteiger partial charge on any atom is -0.379 e. The Labute approximate surface area is 80.4 Å². The zero-order valence-electron chi connectivity index (χ0n) is 8.62. The van der Waals surface area contributed by atoms with E-state index in [-0.39, 0.29) is 6.17 Å². The van der Waals surface area contributed by atoms with Crippen molar-refractivity contribution in [2.24, 2.45) is 11.7 Å². The lowest BCUT2D eigenvalue weighted by atomic mass is 10.2. The fourth-order valence-corrected chi connectivity index (χ4v) is 1.23. The molecule has 1 aliphatic heterocycles. The molecule has 0 aromatic rings. The lowest BCUT2D eigenvalue weighted by molar-refractivity contribution is 0.0317. The van der Waals surface area contributed by atoms with Gasteiger partial charge in [-0.05, 0) is 5.92 Å². The molecular weight excluding hydrogens is 166 g/mol. The predicted molar refractivity (Wildman–Crippen MR) is 53.2 cm³/mol. The average Bonchev–Trinajstić information content (AvgIpc) is 2.15. The summed E-state index contributed by atoms with van der Waals surface area (Å²) in [5.41, 5.74) is 5.86. The number of hydrogen-bond acceptors (Lipinski definition) is 4. The quantitative estimate of drug-likeness (QED) is 0.599. The molecule has 3 N–H and O–H groups in total. The number of ether oxygens (including phenoxy) is 1. The van der Waals surface area contributed by atoms with Crippen LogP contribution in [0.4, 0.5) is 0 Å². The van der Waals surface area contributed by atoms with Crippen LogP contribution in [0.15, 0.2) is 0 Å². The number of morpholine rings is 1. The summed E-state index contributed by atoms with van der Waals surface area (Å²) in [7, 11) is 0. The third kappa shape index (κ3) is 4.04. The fraction of sp³-hybridized carbons (Fsp3) is 1.00. The molecule has 1 rings (SSSR count). The zero-order chi connectivity index (χ0) is 9.68. The summed E-state index contributed by atoms with van der Waals surface area (Å²) in [6, 6.07) is 0. The topological polar surface area (TPSA) is 50.5 Å². The molecule has 0 spiro atoms. The fourth-order valence-electron chi connectivity index (χ4n) is 1.23. The molecule has 0 aliphatic carbocycles.